The molecule has 0 aromatic heterocycles. The molecule has 0 N–H and O–H groups in total. The number of hydrogen-bond acceptors (Lipinski definition) is 2. The zero-order valence-electron chi connectivity index (χ0n) is 11.0. The average Bonchev–Trinajstić information content (AvgIpc) is 2.97. The van der Waals surface area contributed by atoms with Gasteiger partial charge < -0.3 is 9.53 Å². The van der Waals surface area contributed by atoms with Gasteiger partial charge in [-0.15, -0.1) is 0 Å². The number of ether oxygens (including phenoxy) is 1. The Bertz CT molecular complexity index is 365. The maximum atomic E-state index is 11.1. The topological polar surface area (TPSA) is 29.6 Å². The molecule has 0 spiro atoms. The Balaban J connectivity index is 2.15. The van der Waals surface area contributed by atoms with Crippen molar-refractivity contribution >= 4 is 6.29 Å². The third-order valence-electron chi connectivity index (χ3n) is 3.83. The molecule has 1 aliphatic heterocycles. The zero-order valence-corrected chi connectivity index (χ0v) is 11.0. The molecule has 0 aromatic rings. The minimum absolute atomic E-state index is 0.134. The van der Waals surface area contributed by atoms with Crippen LogP contribution in [0.15, 0.2) is 23.8 Å². The number of rotatable bonds is 1. The molecule has 1 aliphatic carbocycles. The molecule has 1 heterocycles. The summed E-state index contributed by atoms with van der Waals surface area (Å²) in [6.45, 7) is 6.62. The lowest BCUT2D eigenvalue weighted by molar-refractivity contribution is -0.112. The van der Waals surface area contributed by atoms with Gasteiger partial charge in [-0.1, -0.05) is 37.6 Å². The van der Waals surface area contributed by atoms with Crippen LogP contribution in [0.4, 0.5) is 0 Å². The lowest BCUT2D eigenvalue weighted by atomic mass is 9.87. The molecule has 2 nitrogen and oxygen atoms in total. The summed E-state index contributed by atoms with van der Waals surface area (Å²) in [5.41, 5.74) is 1.07. The van der Waals surface area contributed by atoms with Crippen LogP contribution in [0.25, 0.3) is 0 Å². The molecule has 0 amide bonds. The van der Waals surface area contributed by atoms with Crippen molar-refractivity contribution in [2.45, 2.75) is 58.2 Å². The van der Waals surface area contributed by atoms with Crippen LogP contribution in [0.2, 0.25) is 0 Å². The molecule has 94 valence electrons. The van der Waals surface area contributed by atoms with Gasteiger partial charge in [0.15, 0.2) is 11.9 Å². The van der Waals surface area contributed by atoms with Crippen molar-refractivity contribution in [3.63, 3.8) is 0 Å². The second-order valence-electron chi connectivity index (χ2n) is 6.07. The highest BCUT2D eigenvalue weighted by molar-refractivity contribution is 5.68. The van der Waals surface area contributed by atoms with Crippen molar-refractivity contribution in [2.75, 3.05) is 0 Å². The standard InChI is InChI=1S/C15H22O2/c1-12-5-6-13-15(11-16,17-13)9-4-8-14(2,3)10-7-12/h4,7-8,11,13H,5-6,9-10H2,1-3H3/b8-4+,12-7+/t13-,15+/m1/s1. The number of carbonyl (C=O) groups is 1. The second-order valence-corrected chi connectivity index (χ2v) is 6.07. The van der Waals surface area contributed by atoms with Crippen LogP contribution in [-0.2, 0) is 9.53 Å². The first kappa shape index (κ1) is 12.6. The number of aldehydes is 1. The fourth-order valence-corrected chi connectivity index (χ4v) is 2.39. The summed E-state index contributed by atoms with van der Waals surface area (Å²) in [6, 6.07) is 0. The van der Waals surface area contributed by atoms with Gasteiger partial charge in [-0.25, -0.2) is 0 Å². The molecule has 0 unspecified atom stereocenters. The van der Waals surface area contributed by atoms with E-state index in [1.807, 2.05) is 0 Å². The van der Waals surface area contributed by atoms with Crippen molar-refractivity contribution in [3.05, 3.63) is 23.8 Å². The van der Waals surface area contributed by atoms with Crippen LogP contribution in [0.1, 0.15) is 46.5 Å². The Hall–Kier alpha value is -0.890. The number of epoxide rings is 1. The third-order valence-corrected chi connectivity index (χ3v) is 3.83. The summed E-state index contributed by atoms with van der Waals surface area (Å²) in [5, 5.41) is 0. The summed E-state index contributed by atoms with van der Waals surface area (Å²) in [7, 11) is 0. The van der Waals surface area contributed by atoms with Gasteiger partial charge >= 0.3 is 0 Å². The van der Waals surface area contributed by atoms with Crippen molar-refractivity contribution in [1.29, 1.82) is 0 Å². The van der Waals surface area contributed by atoms with Crippen LogP contribution in [-0.4, -0.2) is 18.0 Å². The quantitative estimate of drug-likeness (QED) is 0.395. The van der Waals surface area contributed by atoms with Crippen molar-refractivity contribution in [1.82, 2.24) is 0 Å². The molecular weight excluding hydrogens is 212 g/mol. The fraction of sp³-hybridized carbons (Fsp3) is 0.667. The Morgan fingerprint density at radius 3 is 2.88 bits per heavy atom. The average molecular weight is 234 g/mol. The van der Waals surface area contributed by atoms with Gasteiger partial charge in [-0.2, -0.15) is 0 Å². The Morgan fingerprint density at radius 1 is 1.41 bits per heavy atom. The smallest absolute Gasteiger partial charge is 0.154 e. The summed E-state index contributed by atoms with van der Waals surface area (Å²) >= 11 is 0. The van der Waals surface area contributed by atoms with Gasteiger partial charge in [-0.3, -0.25) is 0 Å². The molecular formula is C15H22O2. The first-order valence-electron chi connectivity index (χ1n) is 6.45. The first-order chi connectivity index (χ1) is 7.97. The second kappa shape index (κ2) is 4.41. The Labute approximate surface area is 104 Å². The van der Waals surface area contributed by atoms with E-state index < -0.39 is 5.60 Å². The summed E-state index contributed by atoms with van der Waals surface area (Å²) in [6.07, 6.45) is 11.6. The summed E-state index contributed by atoms with van der Waals surface area (Å²) in [5.74, 6) is 0. The predicted octanol–water partition coefficient (Wildman–Crippen LogP) is 3.43. The Morgan fingerprint density at radius 2 is 2.18 bits per heavy atom. The van der Waals surface area contributed by atoms with Crippen LogP contribution in [0.3, 0.4) is 0 Å². The van der Waals surface area contributed by atoms with E-state index in [2.05, 4.69) is 39.0 Å². The lowest BCUT2D eigenvalue weighted by Gasteiger charge is -2.18. The van der Waals surface area contributed by atoms with E-state index in [0.717, 1.165) is 32.0 Å². The number of carbonyl (C=O) groups excluding carboxylic acids is 1. The van der Waals surface area contributed by atoms with Gasteiger partial charge in [0.1, 0.15) is 0 Å². The molecule has 1 fully saturated rings. The maximum absolute atomic E-state index is 11.1. The summed E-state index contributed by atoms with van der Waals surface area (Å²) < 4.78 is 5.60. The number of fused-ring (bicyclic) bond motifs is 1. The highest BCUT2D eigenvalue weighted by Crippen LogP contribution is 2.42. The Kier molecular flexibility index (Phi) is 3.26. The molecule has 2 aliphatic rings. The zero-order chi connectivity index (χ0) is 12.5. The van der Waals surface area contributed by atoms with Crippen LogP contribution >= 0.6 is 0 Å². The van der Waals surface area contributed by atoms with E-state index in [1.54, 1.807) is 0 Å². The normalized spacial score (nSPS) is 41.4. The van der Waals surface area contributed by atoms with Crippen molar-refractivity contribution < 1.29 is 9.53 Å². The molecule has 17 heavy (non-hydrogen) atoms. The van der Waals surface area contributed by atoms with E-state index >= 15 is 0 Å². The van der Waals surface area contributed by atoms with Crippen molar-refractivity contribution in [2.24, 2.45) is 5.41 Å². The number of allylic oxidation sites excluding steroid dienone is 3. The molecule has 2 heteroatoms. The minimum atomic E-state index is -0.503. The molecule has 0 aromatic carbocycles. The maximum Gasteiger partial charge on any atom is 0.154 e. The molecule has 0 radical (unpaired) electrons. The monoisotopic (exact) mass is 234 g/mol. The van der Waals surface area contributed by atoms with E-state index in [4.69, 9.17) is 4.74 Å². The highest BCUT2D eigenvalue weighted by Gasteiger charge is 2.55. The van der Waals surface area contributed by atoms with Gasteiger partial charge in [0.25, 0.3) is 0 Å². The predicted molar refractivity (Wildman–Crippen MR) is 68.8 cm³/mol. The van der Waals surface area contributed by atoms with Crippen LogP contribution in [0.5, 0.6) is 0 Å². The molecule has 2 rings (SSSR count). The fourth-order valence-electron chi connectivity index (χ4n) is 2.39. The summed E-state index contributed by atoms with van der Waals surface area (Å²) in [4.78, 5) is 11.1. The van der Waals surface area contributed by atoms with E-state index in [9.17, 15) is 4.79 Å². The molecule has 2 atom stereocenters. The molecule has 0 bridgehead atoms. The van der Waals surface area contributed by atoms with Gasteiger partial charge in [0, 0.05) is 6.42 Å². The van der Waals surface area contributed by atoms with Crippen LogP contribution in [0, 0.1) is 5.41 Å². The highest BCUT2D eigenvalue weighted by atomic mass is 16.6. The van der Waals surface area contributed by atoms with Gasteiger partial charge in [0.05, 0.1) is 6.10 Å². The van der Waals surface area contributed by atoms with Gasteiger partial charge in [0.2, 0.25) is 0 Å². The molecule has 0 saturated carbocycles. The first-order valence-corrected chi connectivity index (χ1v) is 6.45. The molecule has 1 saturated heterocycles. The van der Waals surface area contributed by atoms with E-state index in [-0.39, 0.29) is 11.5 Å². The van der Waals surface area contributed by atoms with Gasteiger partial charge in [-0.05, 0) is 31.6 Å². The minimum Gasteiger partial charge on any atom is -0.358 e. The third kappa shape index (κ3) is 2.86. The van der Waals surface area contributed by atoms with E-state index in [1.165, 1.54) is 5.57 Å². The number of hydrogen-bond donors (Lipinski definition) is 0. The largest absolute Gasteiger partial charge is 0.358 e. The van der Waals surface area contributed by atoms with Crippen molar-refractivity contribution in [3.8, 4) is 0 Å². The lowest BCUT2D eigenvalue weighted by Crippen LogP contribution is -2.16. The van der Waals surface area contributed by atoms with E-state index in [0.29, 0.717) is 0 Å². The van der Waals surface area contributed by atoms with Crippen LogP contribution < -0.4 is 0 Å². The SMILES string of the molecule is C/C1=C\CC(C)(C)/C=C/C[C@@]2(C=O)O[C@@H]2CC1.